The zero-order valence-electron chi connectivity index (χ0n) is 11.3. The van der Waals surface area contributed by atoms with E-state index < -0.39 is 0 Å². The van der Waals surface area contributed by atoms with Crippen molar-refractivity contribution in [3.63, 3.8) is 0 Å². The maximum atomic E-state index is 12.0. The van der Waals surface area contributed by atoms with Crippen molar-refractivity contribution >= 4 is 16.7 Å². The molecule has 20 heavy (non-hydrogen) atoms. The standard InChI is InChI=1S/C17H17NO2/c19-14-11-15(17(14)8-1-2-9-17)20-13-7-3-5-12-6-4-10-18-16(12)13/h3-7,10,15H,1-2,8-9,11H2. The summed E-state index contributed by atoms with van der Waals surface area (Å²) in [6.07, 6.45) is 6.68. The summed E-state index contributed by atoms with van der Waals surface area (Å²) in [7, 11) is 0. The molecule has 1 spiro atoms. The molecule has 2 aromatic rings. The van der Waals surface area contributed by atoms with Crippen LogP contribution in [-0.4, -0.2) is 16.9 Å². The van der Waals surface area contributed by atoms with Crippen LogP contribution in [0.15, 0.2) is 36.5 Å². The van der Waals surface area contributed by atoms with E-state index in [4.69, 9.17) is 4.74 Å². The van der Waals surface area contributed by atoms with Crippen molar-refractivity contribution in [2.45, 2.75) is 38.2 Å². The highest BCUT2D eigenvalue weighted by molar-refractivity contribution is 5.93. The molecular weight excluding hydrogens is 250 g/mol. The number of hydrogen-bond donors (Lipinski definition) is 0. The van der Waals surface area contributed by atoms with Gasteiger partial charge in [-0.1, -0.05) is 31.0 Å². The van der Waals surface area contributed by atoms with Gasteiger partial charge in [0, 0.05) is 18.0 Å². The van der Waals surface area contributed by atoms with Gasteiger partial charge in [0.1, 0.15) is 23.2 Å². The van der Waals surface area contributed by atoms with Crippen LogP contribution in [0.1, 0.15) is 32.1 Å². The fourth-order valence-corrected chi connectivity index (χ4v) is 3.70. The molecule has 2 saturated carbocycles. The highest BCUT2D eigenvalue weighted by Gasteiger charge is 2.57. The Labute approximate surface area is 118 Å². The molecule has 0 saturated heterocycles. The number of ketones is 1. The van der Waals surface area contributed by atoms with E-state index in [9.17, 15) is 4.79 Å². The third-order valence-electron chi connectivity index (χ3n) is 4.90. The third kappa shape index (κ3) is 1.59. The molecule has 2 aliphatic carbocycles. The maximum absolute atomic E-state index is 12.0. The molecule has 0 bridgehead atoms. The molecule has 0 radical (unpaired) electrons. The number of pyridine rings is 1. The van der Waals surface area contributed by atoms with E-state index in [2.05, 4.69) is 4.98 Å². The smallest absolute Gasteiger partial charge is 0.146 e. The fourth-order valence-electron chi connectivity index (χ4n) is 3.70. The van der Waals surface area contributed by atoms with Gasteiger partial charge in [-0.25, -0.2) is 0 Å². The molecule has 3 heteroatoms. The van der Waals surface area contributed by atoms with Crippen molar-refractivity contribution in [3.8, 4) is 5.75 Å². The molecule has 0 N–H and O–H groups in total. The fraction of sp³-hybridized carbons (Fsp3) is 0.412. The first-order valence-corrected chi connectivity index (χ1v) is 7.33. The summed E-state index contributed by atoms with van der Waals surface area (Å²) in [5.41, 5.74) is 0.708. The molecule has 0 aliphatic heterocycles. The van der Waals surface area contributed by atoms with Crippen molar-refractivity contribution in [2.75, 3.05) is 0 Å². The summed E-state index contributed by atoms with van der Waals surface area (Å²) in [6.45, 7) is 0. The second-order valence-electron chi connectivity index (χ2n) is 5.93. The Balaban J connectivity index is 1.67. The van der Waals surface area contributed by atoms with E-state index in [1.165, 1.54) is 0 Å². The molecule has 1 heterocycles. The van der Waals surface area contributed by atoms with Crippen LogP contribution in [0.4, 0.5) is 0 Å². The second-order valence-corrected chi connectivity index (χ2v) is 5.93. The maximum Gasteiger partial charge on any atom is 0.146 e. The molecule has 2 fully saturated rings. The Bertz CT molecular complexity index is 668. The van der Waals surface area contributed by atoms with E-state index in [-0.39, 0.29) is 11.5 Å². The summed E-state index contributed by atoms with van der Waals surface area (Å²) in [4.78, 5) is 16.4. The number of rotatable bonds is 2. The van der Waals surface area contributed by atoms with Gasteiger partial charge in [0.2, 0.25) is 0 Å². The summed E-state index contributed by atoms with van der Waals surface area (Å²) in [6, 6.07) is 9.94. The third-order valence-corrected chi connectivity index (χ3v) is 4.90. The van der Waals surface area contributed by atoms with Crippen LogP contribution in [0.3, 0.4) is 0 Å². The molecule has 2 aliphatic rings. The number of ether oxygens (including phenoxy) is 1. The number of fused-ring (bicyclic) bond motifs is 1. The van der Waals surface area contributed by atoms with Gasteiger partial charge in [-0.2, -0.15) is 0 Å². The van der Waals surface area contributed by atoms with Gasteiger partial charge in [-0.15, -0.1) is 0 Å². The topological polar surface area (TPSA) is 39.2 Å². The molecule has 1 atom stereocenters. The van der Waals surface area contributed by atoms with Crippen molar-refractivity contribution in [2.24, 2.45) is 5.41 Å². The predicted octanol–water partition coefficient (Wildman–Crippen LogP) is 3.52. The quantitative estimate of drug-likeness (QED) is 0.835. The second kappa shape index (κ2) is 4.30. The van der Waals surface area contributed by atoms with Crippen molar-refractivity contribution in [3.05, 3.63) is 36.5 Å². The first kappa shape index (κ1) is 11.9. The molecule has 102 valence electrons. The van der Waals surface area contributed by atoms with E-state index in [0.717, 1.165) is 42.3 Å². The van der Waals surface area contributed by atoms with Gasteiger partial charge >= 0.3 is 0 Å². The summed E-state index contributed by atoms with van der Waals surface area (Å²) in [5.74, 6) is 1.21. The van der Waals surface area contributed by atoms with Gasteiger partial charge in [0.05, 0.1) is 5.41 Å². The number of benzene rings is 1. The Morgan fingerprint density at radius 2 is 1.95 bits per heavy atom. The Hall–Kier alpha value is -1.90. The normalized spacial score (nSPS) is 24.0. The van der Waals surface area contributed by atoms with Crippen LogP contribution in [0.2, 0.25) is 0 Å². The van der Waals surface area contributed by atoms with Gasteiger partial charge in [-0.3, -0.25) is 9.78 Å². The lowest BCUT2D eigenvalue weighted by Crippen LogP contribution is -2.55. The lowest BCUT2D eigenvalue weighted by Gasteiger charge is -2.44. The minimum atomic E-state index is -0.184. The average molecular weight is 267 g/mol. The molecule has 3 nitrogen and oxygen atoms in total. The average Bonchev–Trinajstić information content (AvgIpc) is 3.00. The van der Waals surface area contributed by atoms with Gasteiger partial charge in [0.15, 0.2) is 0 Å². The molecular formula is C17H17NO2. The largest absolute Gasteiger partial charge is 0.487 e. The van der Waals surface area contributed by atoms with Crippen molar-refractivity contribution in [1.82, 2.24) is 4.98 Å². The number of hydrogen-bond acceptors (Lipinski definition) is 3. The number of para-hydroxylation sites is 1. The monoisotopic (exact) mass is 267 g/mol. The highest BCUT2D eigenvalue weighted by atomic mass is 16.5. The predicted molar refractivity (Wildman–Crippen MR) is 76.7 cm³/mol. The van der Waals surface area contributed by atoms with Crippen LogP contribution >= 0.6 is 0 Å². The van der Waals surface area contributed by atoms with Crippen LogP contribution in [0, 0.1) is 5.41 Å². The first-order valence-electron chi connectivity index (χ1n) is 7.33. The van der Waals surface area contributed by atoms with Crippen molar-refractivity contribution in [1.29, 1.82) is 0 Å². The molecule has 4 rings (SSSR count). The zero-order valence-corrected chi connectivity index (χ0v) is 11.3. The summed E-state index contributed by atoms with van der Waals surface area (Å²) in [5, 5.41) is 1.08. The minimum Gasteiger partial charge on any atom is -0.487 e. The van der Waals surface area contributed by atoms with Crippen LogP contribution in [-0.2, 0) is 4.79 Å². The minimum absolute atomic E-state index is 0.0464. The number of aromatic nitrogens is 1. The lowest BCUT2D eigenvalue weighted by molar-refractivity contribution is -0.151. The Kier molecular flexibility index (Phi) is 2.56. The molecule has 1 aromatic carbocycles. The number of Topliss-reactive ketones (excluding diaryl/α,β-unsaturated/α-hetero) is 1. The zero-order chi connectivity index (χ0) is 13.6. The van der Waals surface area contributed by atoms with E-state index in [1.54, 1.807) is 6.20 Å². The summed E-state index contributed by atoms with van der Waals surface area (Å²) >= 11 is 0. The summed E-state index contributed by atoms with van der Waals surface area (Å²) < 4.78 is 6.19. The molecule has 0 amide bonds. The Morgan fingerprint density at radius 3 is 2.75 bits per heavy atom. The van der Waals surface area contributed by atoms with E-state index >= 15 is 0 Å². The van der Waals surface area contributed by atoms with Crippen LogP contribution < -0.4 is 4.74 Å². The van der Waals surface area contributed by atoms with E-state index in [1.807, 2.05) is 30.3 Å². The molecule has 1 aromatic heterocycles. The molecule has 1 unspecified atom stereocenters. The Morgan fingerprint density at radius 1 is 1.15 bits per heavy atom. The van der Waals surface area contributed by atoms with Gasteiger partial charge in [0.25, 0.3) is 0 Å². The lowest BCUT2D eigenvalue weighted by atomic mass is 9.63. The van der Waals surface area contributed by atoms with Gasteiger partial charge < -0.3 is 4.74 Å². The number of carbonyl (C=O) groups is 1. The van der Waals surface area contributed by atoms with Crippen LogP contribution in [0.25, 0.3) is 10.9 Å². The first-order chi connectivity index (χ1) is 9.79. The SMILES string of the molecule is O=C1CC(Oc2cccc3cccnc23)C12CCCC2. The van der Waals surface area contributed by atoms with Gasteiger partial charge in [-0.05, 0) is 25.0 Å². The number of carbonyl (C=O) groups excluding carboxylic acids is 1. The highest BCUT2D eigenvalue weighted by Crippen LogP contribution is 2.52. The van der Waals surface area contributed by atoms with Crippen molar-refractivity contribution < 1.29 is 9.53 Å². The number of nitrogens with zero attached hydrogens (tertiary/aromatic N) is 1. The van der Waals surface area contributed by atoms with Crippen LogP contribution in [0.5, 0.6) is 5.75 Å². The van der Waals surface area contributed by atoms with E-state index in [0.29, 0.717) is 12.2 Å².